The lowest BCUT2D eigenvalue weighted by atomic mass is 9.77. The minimum atomic E-state index is -0.511. The molecule has 0 aliphatic heterocycles. The van der Waals surface area contributed by atoms with E-state index in [-0.39, 0.29) is 23.8 Å². The Labute approximate surface area is 104 Å². The first kappa shape index (κ1) is 12.2. The summed E-state index contributed by atoms with van der Waals surface area (Å²) in [6.07, 6.45) is 2.53. The van der Waals surface area contributed by atoms with Crippen LogP contribution in [0, 0.1) is 0 Å². The monoisotopic (exact) mass is 255 g/mol. The Morgan fingerprint density at radius 1 is 1.47 bits per heavy atom. The summed E-state index contributed by atoms with van der Waals surface area (Å²) in [7, 11) is 0. The molecule has 0 spiro atoms. The van der Waals surface area contributed by atoms with Gasteiger partial charge in [-0.2, -0.15) is 0 Å². The van der Waals surface area contributed by atoms with Crippen LogP contribution in [-0.4, -0.2) is 28.3 Å². The molecule has 1 aliphatic rings. The predicted molar refractivity (Wildman–Crippen MR) is 64.3 cm³/mol. The number of aliphatic hydroxyl groups excluding tert-OH is 1. The lowest BCUT2D eigenvalue weighted by molar-refractivity contribution is 0.0639. The molecule has 1 aliphatic carbocycles. The molecule has 4 nitrogen and oxygen atoms in total. The summed E-state index contributed by atoms with van der Waals surface area (Å²) >= 11 is 5.69. The minimum Gasteiger partial charge on any atom is -0.507 e. The smallest absolute Gasteiger partial charge is 0.255 e. The van der Waals surface area contributed by atoms with Crippen molar-refractivity contribution in [2.24, 2.45) is 0 Å². The lowest BCUT2D eigenvalue weighted by Crippen LogP contribution is -2.56. The van der Waals surface area contributed by atoms with Gasteiger partial charge in [-0.3, -0.25) is 4.79 Å². The third-order valence-corrected chi connectivity index (χ3v) is 3.43. The summed E-state index contributed by atoms with van der Waals surface area (Å²) in [4.78, 5) is 11.9. The molecule has 0 atom stereocenters. The number of aromatic hydroxyl groups is 1. The van der Waals surface area contributed by atoms with Gasteiger partial charge in [-0.1, -0.05) is 11.6 Å². The summed E-state index contributed by atoms with van der Waals surface area (Å²) < 4.78 is 0. The molecule has 0 radical (unpaired) electrons. The molecule has 0 aromatic heterocycles. The van der Waals surface area contributed by atoms with Gasteiger partial charge in [0.25, 0.3) is 5.91 Å². The molecule has 17 heavy (non-hydrogen) atoms. The second-order valence-electron chi connectivity index (χ2n) is 4.41. The molecule has 0 bridgehead atoms. The zero-order valence-corrected chi connectivity index (χ0v) is 10.00. The predicted octanol–water partition coefficient (Wildman–Crippen LogP) is 1.69. The van der Waals surface area contributed by atoms with Crippen LogP contribution in [0.25, 0.3) is 0 Å². The number of carbonyl (C=O) groups is 1. The van der Waals surface area contributed by atoms with E-state index in [0.29, 0.717) is 5.02 Å². The maximum absolute atomic E-state index is 11.9. The molecule has 0 heterocycles. The molecule has 1 saturated carbocycles. The van der Waals surface area contributed by atoms with Crippen molar-refractivity contribution in [3.8, 4) is 5.75 Å². The number of halogens is 1. The van der Waals surface area contributed by atoms with Gasteiger partial charge in [0, 0.05) is 5.02 Å². The van der Waals surface area contributed by atoms with Crippen LogP contribution >= 0.6 is 11.6 Å². The van der Waals surface area contributed by atoms with Gasteiger partial charge in [-0.05, 0) is 37.5 Å². The standard InChI is InChI=1S/C12H14ClNO3/c13-8-2-3-9(10(16)6-8)11(17)14-12(7-15)4-1-5-12/h2-3,6,15-16H,1,4-5,7H2,(H,14,17). The highest BCUT2D eigenvalue weighted by Gasteiger charge is 2.38. The topological polar surface area (TPSA) is 69.6 Å². The number of phenolic OH excluding ortho intramolecular Hbond substituents is 1. The highest BCUT2D eigenvalue weighted by atomic mass is 35.5. The molecule has 1 aromatic carbocycles. The van der Waals surface area contributed by atoms with Crippen molar-refractivity contribution in [3.63, 3.8) is 0 Å². The Morgan fingerprint density at radius 3 is 2.65 bits per heavy atom. The summed E-state index contributed by atoms with van der Waals surface area (Å²) in [5.74, 6) is -0.532. The Bertz CT molecular complexity index is 438. The fourth-order valence-electron chi connectivity index (χ4n) is 1.93. The summed E-state index contributed by atoms with van der Waals surface area (Å²) in [6.45, 7) is -0.0763. The maximum atomic E-state index is 11.9. The van der Waals surface area contributed by atoms with Crippen LogP contribution in [0.15, 0.2) is 18.2 Å². The van der Waals surface area contributed by atoms with E-state index in [1.807, 2.05) is 0 Å². The van der Waals surface area contributed by atoms with E-state index in [0.717, 1.165) is 19.3 Å². The van der Waals surface area contributed by atoms with Gasteiger partial charge >= 0.3 is 0 Å². The van der Waals surface area contributed by atoms with Gasteiger partial charge in [-0.25, -0.2) is 0 Å². The quantitative estimate of drug-likeness (QED) is 0.770. The van der Waals surface area contributed by atoms with Crippen molar-refractivity contribution >= 4 is 17.5 Å². The Morgan fingerprint density at radius 2 is 2.18 bits per heavy atom. The van der Waals surface area contributed by atoms with Gasteiger partial charge < -0.3 is 15.5 Å². The Kier molecular flexibility index (Phi) is 3.26. The first-order valence-electron chi connectivity index (χ1n) is 5.48. The van der Waals surface area contributed by atoms with Crippen LogP contribution in [0.3, 0.4) is 0 Å². The molecule has 1 fully saturated rings. The molecule has 1 amide bonds. The third-order valence-electron chi connectivity index (χ3n) is 3.20. The number of nitrogens with one attached hydrogen (secondary N) is 1. The van der Waals surface area contributed by atoms with Gasteiger partial charge in [0.05, 0.1) is 17.7 Å². The van der Waals surface area contributed by atoms with Crippen LogP contribution in [0.4, 0.5) is 0 Å². The van der Waals surface area contributed by atoms with Crippen LogP contribution < -0.4 is 5.32 Å². The van der Waals surface area contributed by atoms with Crippen LogP contribution in [0.2, 0.25) is 5.02 Å². The number of aliphatic hydroxyl groups is 1. The average Bonchev–Trinajstić information content (AvgIpc) is 2.23. The number of hydrogen-bond acceptors (Lipinski definition) is 3. The van der Waals surface area contributed by atoms with Crippen LogP contribution in [0.5, 0.6) is 5.75 Å². The molecule has 3 N–H and O–H groups in total. The molecule has 5 heteroatoms. The second kappa shape index (κ2) is 4.55. The van der Waals surface area contributed by atoms with E-state index in [9.17, 15) is 15.0 Å². The van der Waals surface area contributed by atoms with Gasteiger partial charge in [0.2, 0.25) is 0 Å². The molecular formula is C12H14ClNO3. The van der Waals surface area contributed by atoms with E-state index in [1.165, 1.54) is 12.1 Å². The first-order valence-corrected chi connectivity index (χ1v) is 5.86. The highest BCUT2D eigenvalue weighted by molar-refractivity contribution is 6.30. The van der Waals surface area contributed by atoms with Gasteiger partial charge in [-0.15, -0.1) is 0 Å². The SMILES string of the molecule is O=C(NC1(CO)CCC1)c1ccc(Cl)cc1O. The zero-order chi connectivity index (χ0) is 12.5. The lowest BCUT2D eigenvalue weighted by Gasteiger charge is -2.40. The number of benzene rings is 1. The van der Waals surface area contributed by atoms with Crippen molar-refractivity contribution in [2.75, 3.05) is 6.61 Å². The van der Waals surface area contributed by atoms with E-state index < -0.39 is 5.54 Å². The van der Waals surface area contributed by atoms with Crippen molar-refractivity contribution < 1.29 is 15.0 Å². The van der Waals surface area contributed by atoms with Crippen LogP contribution in [0.1, 0.15) is 29.6 Å². The van der Waals surface area contributed by atoms with Gasteiger partial charge in [0.1, 0.15) is 5.75 Å². The van der Waals surface area contributed by atoms with E-state index in [2.05, 4.69) is 5.32 Å². The van der Waals surface area contributed by atoms with Gasteiger partial charge in [0.15, 0.2) is 0 Å². The molecule has 1 aromatic rings. The highest BCUT2D eigenvalue weighted by Crippen LogP contribution is 2.32. The molecular weight excluding hydrogens is 242 g/mol. The molecule has 2 rings (SSSR count). The number of carbonyl (C=O) groups excluding carboxylic acids is 1. The fraction of sp³-hybridized carbons (Fsp3) is 0.417. The maximum Gasteiger partial charge on any atom is 0.255 e. The third kappa shape index (κ3) is 2.37. The van der Waals surface area contributed by atoms with Crippen LogP contribution in [-0.2, 0) is 0 Å². The molecule has 0 unspecified atom stereocenters. The van der Waals surface area contributed by atoms with Crippen molar-refractivity contribution in [1.82, 2.24) is 5.32 Å². The van der Waals surface area contributed by atoms with Crippen molar-refractivity contribution in [3.05, 3.63) is 28.8 Å². The summed E-state index contributed by atoms with van der Waals surface area (Å²) in [6, 6.07) is 4.34. The zero-order valence-electron chi connectivity index (χ0n) is 9.24. The fourth-order valence-corrected chi connectivity index (χ4v) is 2.10. The Hall–Kier alpha value is -1.26. The van der Waals surface area contributed by atoms with E-state index in [4.69, 9.17) is 11.6 Å². The average molecular weight is 256 g/mol. The molecule has 92 valence electrons. The Balaban J connectivity index is 2.14. The largest absolute Gasteiger partial charge is 0.507 e. The first-order chi connectivity index (χ1) is 8.06. The number of amides is 1. The number of phenols is 1. The number of rotatable bonds is 3. The second-order valence-corrected chi connectivity index (χ2v) is 4.84. The summed E-state index contributed by atoms with van der Waals surface area (Å²) in [5, 5.41) is 22.0. The number of hydrogen-bond donors (Lipinski definition) is 3. The molecule has 0 saturated heterocycles. The van der Waals surface area contributed by atoms with E-state index >= 15 is 0 Å². The minimum absolute atomic E-state index is 0.0763. The summed E-state index contributed by atoms with van der Waals surface area (Å²) in [5.41, 5.74) is -0.336. The normalized spacial score (nSPS) is 17.3. The van der Waals surface area contributed by atoms with Crippen molar-refractivity contribution in [2.45, 2.75) is 24.8 Å². The van der Waals surface area contributed by atoms with E-state index in [1.54, 1.807) is 6.07 Å². The van der Waals surface area contributed by atoms with Crippen molar-refractivity contribution in [1.29, 1.82) is 0 Å².